The molecule has 0 spiro atoms. The minimum absolute atomic E-state index is 0.245. The highest BCUT2D eigenvalue weighted by atomic mass is 35.5. The molecule has 0 saturated heterocycles. The third-order valence-electron chi connectivity index (χ3n) is 3.68. The molecule has 1 aromatic rings. The number of nitrogens with one attached hydrogen (secondary N) is 1. The van der Waals surface area contributed by atoms with Crippen molar-refractivity contribution in [2.75, 3.05) is 11.1 Å². The lowest BCUT2D eigenvalue weighted by Gasteiger charge is -2.28. The monoisotopic (exact) mass is 254 g/mol. The molecule has 1 saturated carbocycles. The van der Waals surface area contributed by atoms with E-state index in [0.717, 1.165) is 12.1 Å². The van der Waals surface area contributed by atoms with Crippen LogP contribution in [0.3, 0.4) is 0 Å². The molecule has 1 fully saturated rings. The van der Waals surface area contributed by atoms with Gasteiger partial charge >= 0.3 is 0 Å². The third-order valence-corrected chi connectivity index (χ3v) is 3.85. The van der Waals surface area contributed by atoms with Crippen molar-refractivity contribution in [1.29, 1.82) is 0 Å². The summed E-state index contributed by atoms with van der Waals surface area (Å²) in [5.41, 5.74) is 7.57. The summed E-state index contributed by atoms with van der Waals surface area (Å²) in [4.78, 5) is 8.21. The number of halogens is 1. The number of aromatic nitrogens is 2. The van der Waals surface area contributed by atoms with Crippen molar-refractivity contribution in [3.05, 3.63) is 11.0 Å². The Morgan fingerprint density at radius 2 is 2.12 bits per heavy atom. The molecular weight excluding hydrogens is 236 g/mol. The number of anilines is 2. The molecule has 0 amide bonds. The van der Waals surface area contributed by atoms with E-state index < -0.39 is 0 Å². The minimum Gasteiger partial charge on any atom is -0.394 e. The van der Waals surface area contributed by atoms with Crippen molar-refractivity contribution >= 4 is 23.1 Å². The van der Waals surface area contributed by atoms with Gasteiger partial charge in [-0.05, 0) is 36.8 Å². The zero-order chi connectivity index (χ0) is 12.6. The number of nitrogens with zero attached hydrogens (tertiary/aromatic N) is 2. The summed E-state index contributed by atoms with van der Waals surface area (Å²) in [6.07, 6.45) is 3.61. The molecule has 0 aliphatic heterocycles. The first-order valence-corrected chi connectivity index (χ1v) is 6.34. The van der Waals surface area contributed by atoms with E-state index in [-0.39, 0.29) is 10.7 Å². The molecule has 1 aliphatic rings. The second-order valence-corrected chi connectivity index (χ2v) is 5.76. The van der Waals surface area contributed by atoms with E-state index in [1.807, 2.05) is 6.92 Å². The molecule has 0 bridgehead atoms. The summed E-state index contributed by atoms with van der Waals surface area (Å²) >= 11 is 5.86. The lowest BCUT2D eigenvalue weighted by Crippen LogP contribution is -2.31. The molecule has 3 N–H and O–H groups in total. The van der Waals surface area contributed by atoms with Crippen LogP contribution in [0, 0.1) is 12.3 Å². The standard InChI is InChI=1S/C12H19ClN4/c1-7-9(14)10(17-11(13)15-7)16-8-5-4-6-12(8,2)3/h8H,4-6,14H2,1-3H3,(H,15,16,17). The van der Waals surface area contributed by atoms with E-state index in [0.29, 0.717) is 17.5 Å². The summed E-state index contributed by atoms with van der Waals surface area (Å²) in [5.74, 6) is 0.669. The molecule has 4 nitrogen and oxygen atoms in total. The van der Waals surface area contributed by atoms with Gasteiger partial charge < -0.3 is 11.1 Å². The molecule has 0 aromatic carbocycles. The normalized spacial score (nSPS) is 22.7. The van der Waals surface area contributed by atoms with Gasteiger partial charge in [-0.25, -0.2) is 4.98 Å². The maximum atomic E-state index is 5.97. The van der Waals surface area contributed by atoms with Gasteiger partial charge in [-0.3, -0.25) is 0 Å². The predicted octanol–water partition coefficient (Wildman–Crippen LogP) is 3.01. The summed E-state index contributed by atoms with van der Waals surface area (Å²) in [5, 5.41) is 3.67. The number of hydrogen-bond acceptors (Lipinski definition) is 4. The van der Waals surface area contributed by atoms with Gasteiger partial charge in [-0.15, -0.1) is 0 Å². The van der Waals surface area contributed by atoms with Crippen molar-refractivity contribution < 1.29 is 0 Å². The van der Waals surface area contributed by atoms with Crippen LogP contribution in [0.1, 0.15) is 38.8 Å². The van der Waals surface area contributed by atoms with Gasteiger partial charge in [-0.2, -0.15) is 4.98 Å². The topological polar surface area (TPSA) is 63.8 Å². The Kier molecular flexibility index (Phi) is 3.17. The summed E-state index contributed by atoms with van der Waals surface area (Å²) < 4.78 is 0. The Morgan fingerprint density at radius 3 is 2.71 bits per heavy atom. The van der Waals surface area contributed by atoms with E-state index in [1.54, 1.807) is 0 Å². The van der Waals surface area contributed by atoms with Crippen LogP contribution < -0.4 is 11.1 Å². The van der Waals surface area contributed by atoms with Crippen LogP contribution in [0.15, 0.2) is 0 Å². The Balaban J connectivity index is 2.24. The molecule has 94 valence electrons. The third kappa shape index (κ3) is 2.46. The quantitative estimate of drug-likeness (QED) is 0.797. The van der Waals surface area contributed by atoms with Gasteiger partial charge in [0.15, 0.2) is 5.82 Å². The van der Waals surface area contributed by atoms with Crippen LogP contribution in [0.25, 0.3) is 0 Å². The number of nitrogens with two attached hydrogens (primary N) is 1. The highest BCUT2D eigenvalue weighted by Gasteiger charge is 2.35. The largest absolute Gasteiger partial charge is 0.394 e. The predicted molar refractivity (Wildman–Crippen MR) is 71.2 cm³/mol. The smallest absolute Gasteiger partial charge is 0.224 e. The highest BCUT2D eigenvalue weighted by Crippen LogP contribution is 2.39. The van der Waals surface area contributed by atoms with Crippen molar-refractivity contribution in [2.24, 2.45) is 5.41 Å². The van der Waals surface area contributed by atoms with E-state index in [1.165, 1.54) is 12.8 Å². The fraction of sp³-hybridized carbons (Fsp3) is 0.667. The number of aryl methyl sites for hydroxylation is 1. The van der Waals surface area contributed by atoms with Crippen LogP contribution in [0.4, 0.5) is 11.5 Å². The fourth-order valence-corrected chi connectivity index (χ4v) is 2.63. The molecule has 17 heavy (non-hydrogen) atoms. The van der Waals surface area contributed by atoms with Crippen LogP contribution in [0.5, 0.6) is 0 Å². The molecule has 1 atom stereocenters. The Bertz CT molecular complexity index is 431. The molecule has 1 aromatic heterocycles. The van der Waals surface area contributed by atoms with Gasteiger partial charge in [0.05, 0.1) is 11.4 Å². The van der Waals surface area contributed by atoms with Crippen LogP contribution in [0.2, 0.25) is 5.28 Å². The maximum Gasteiger partial charge on any atom is 0.224 e. The summed E-state index contributed by atoms with van der Waals surface area (Å²) in [6, 6.07) is 0.398. The van der Waals surface area contributed by atoms with Gasteiger partial charge in [-0.1, -0.05) is 20.3 Å². The first-order valence-electron chi connectivity index (χ1n) is 5.96. The zero-order valence-electron chi connectivity index (χ0n) is 10.5. The number of nitrogen functional groups attached to an aromatic ring is 1. The van der Waals surface area contributed by atoms with Gasteiger partial charge in [0.25, 0.3) is 0 Å². The van der Waals surface area contributed by atoms with E-state index >= 15 is 0 Å². The second kappa shape index (κ2) is 4.33. The molecule has 2 rings (SSSR count). The molecule has 1 unspecified atom stereocenters. The van der Waals surface area contributed by atoms with Gasteiger partial charge in [0.2, 0.25) is 5.28 Å². The first kappa shape index (κ1) is 12.4. The van der Waals surface area contributed by atoms with E-state index in [4.69, 9.17) is 17.3 Å². The van der Waals surface area contributed by atoms with Crippen LogP contribution >= 0.6 is 11.6 Å². The van der Waals surface area contributed by atoms with Crippen molar-refractivity contribution in [3.8, 4) is 0 Å². The Morgan fingerprint density at radius 1 is 1.41 bits per heavy atom. The van der Waals surface area contributed by atoms with Gasteiger partial charge in [0, 0.05) is 6.04 Å². The lowest BCUT2D eigenvalue weighted by molar-refractivity contribution is 0.349. The zero-order valence-corrected chi connectivity index (χ0v) is 11.3. The Labute approximate surface area is 107 Å². The van der Waals surface area contributed by atoms with Crippen LogP contribution in [-0.2, 0) is 0 Å². The second-order valence-electron chi connectivity index (χ2n) is 5.42. The van der Waals surface area contributed by atoms with Crippen molar-refractivity contribution in [1.82, 2.24) is 9.97 Å². The summed E-state index contributed by atoms with van der Waals surface area (Å²) in [6.45, 7) is 6.38. The fourth-order valence-electron chi connectivity index (χ4n) is 2.42. The van der Waals surface area contributed by atoms with Crippen molar-refractivity contribution in [2.45, 2.75) is 46.1 Å². The average Bonchev–Trinajstić information content (AvgIpc) is 2.54. The van der Waals surface area contributed by atoms with E-state index in [2.05, 4.69) is 29.1 Å². The molecule has 0 radical (unpaired) electrons. The minimum atomic E-state index is 0.245. The first-order chi connectivity index (χ1) is 7.90. The molecule has 1 aliphatic carbocycles. The molecule has 1 heterocycles. The lowest BCUT2D eigenvalue weighted by atomic mass is 9.87. The number of rotatable bonds is 2. The average molecular weight is 255 g/mol. The van der Waals surface area contributed by atoms with Crippen molar-refractivity contribution in [3.63, 3.8) is 0 Å². The highest BCUT2D eigenvalue weighted by molar-refractivity contribution is 6.28. The number of hydrogen-bond donors (Lipinski definition) is 2. The van der Waals surface area contributed by atoms with Crippen LogP contribution in [-0.4, -0.2) is 16.0 Å². The molecular formula is C12H19ClN4. The SMILES string of the molecule is Cc1nc(Cl)nc(NC2CCCC2(C)C)c1N. The summed E-state index contributed by atoms with van der Waals surface area (Å²) in [7, 11) is 0. The molecule has 5 heteroatoms. The Hall–Kier alpha value is -1.03. The van der Waals surface area contributed by atoms with E-state index in [9.17, 15) is 0 Å². The maximum absolute atomic E-state index is 5.97. The van der Waals surface area contributed by atoms with Gasteiger partial charge in [0.1, 0.15) is 0 Å².